The van der Waals surface area contributed by atoms with Crippen LogP contribution in [0.3, 0.4) is 0 Å². The molecule has 0 aliphatic rings. The molecule has 0 aromatic heterocycles. The second kappa shape index (κ2) is 4.40. The molecule has 0 N–H and O–H groups in total. The molecule has 0 aliphatic carbocycles. The van der Waals surface area contributed by atoms with Crippen molar-refractivity contribution < 1.29 is 0 Å². The lowest BCUT2D eigenvalue weighted by atomic mass is 10.2. The van der Waals surface area contributed by atoms with Crippen molar-refractivity contribution in [2.45, 2.75) is 12.7 Å². The van der Waals surface area contributed by atoms with Crippen LogP contribution in [0.25, 0.3) is 0 Å². The van der Waals surface area contributed by atoms with Crippen LogP contribution in [0.4, 0.5) is 0 Å². The van der Waals surface area contributed by atoms with E-state index in [0.29, 0.717) is 0 Å². The van der Waals surface area contributed by atoms with Crippen LogP contribution in [0.2, 0.25) is 0 Å². The van der Waals surface area contributed by atoms with E-state index in [1.54, 1.807) is 0 Å². The lowest BCUT2D eigenvalue weighted by Crippen LogP contribution is -1.78. The largest absolute Gasteiger partial charge is 0.157 e. The first-order valence-corrected chi connectivity index (χ1v) is 4.61. The van der Waals surface area contributed by atoms with Crippen molar-refractivity contribution in [3.8, 4) is 0 Å². The van der Waals surface area contributed by atoms with Crippen LogP contribution in [0, 0.1) is 6.07 Å². The Morgan fingerprint density at radius 2 is 2.10 bits per heavy atom. The normalized spacial score (nSPS) is 9.70. The fourth-order valence-electron chi connectivity index (χ4n) is 0.738. The molecule has 10 heavy (non-hydrogen) atoms. The van der Waals surface area contributed by atoms with Crippen LogP contribution >= 0.6 is 11.8 Å². The second-order valence-electron chi connectivity index (χ2n) is 2.05. The SMILES string of the molecule is CCSCc1cc[c]cc1. The van der Waals surface area contributed by atoms with Gasteiger partial charge in [0.1, 0.15) is 0 Å². The average molecular weight is 151 g/mol. The molecular weight excluding hydrogens is 140 g/mol. The van der Waals surface area contributed by atoms with Gasteiger partial charge in [0, 0.05) is 5.75 Å². The Balaban J connectivity index is 2.43. The lowest BCUT2D eigenvalue weighted by Gasteiger charge is -1.96. The topological polar surface area (TPSA) is 0 Å². The van der Waals surface area contributed by atoms with Crippen molar-refractivity contribution >= 4 is 11.8 Å². The number of hydrogen-bond acceptors (Lipinski definition) is 1. The van der Waals surface area contributed by atoms with Gasteiger partial charge in [0.15, 0.2) is 0 Å². The predicted octanol–water partition coefficient (Wildman–Crippen LogP) is 2.74. The molecule has 1 radical (unpaired) electrons. The van der Waals surface area contributed by atoms with Gasteiger partial charge < -0.3 is 0 Å². The number of rotatable bonds is 3. The molecule has 0 heterocycles. The summed E-state index contributed by atoms with van der Waals surface area (Å²) < 4.78 is 0. The molecule has 0 saturated carbocycles. The Labute approximate surface area is 66.6 Å². The van der Waals surface area contributed by atoms with Crippen molar-refractivity contribution in [2.75, 3.05) is 5.75 Å². The third-order valence-corrected chi connectivity index (χ3v) is 2.21. The molecule has 0 amide bonds. The first-order chi connectivity index (χ1) is 4.93. The van der Waals surface area contributed by atoms with Crippen LogP contribution in [-0.2, 0) is 5.75 Å². The van der Waals surface area contributed by atoms with E-state index in [4.69, 9.17) is 0 Å². The van der Waals surface area contributed by atoms with Crippen molar-refractivity contribution in [3.63, 3.8) is 0 Å². The molecule has 0 spiro atoms. The van der Waals surface area contributed by atoms with E-state index >= 15 is 0 Å². The highest BCUT2D eigenvalue weighted by molar-refractivity contribution is 7.98. The highest BCUT2D eigenvalue weighted by Gasteiger charge is 1.87. The van der Waals surface area contributed by atoms with Gasteiger partial charge in [-0.15, -0.1) is 0 Å². The molecule has 1 rings (SSSR count). The van der Waals surface area contributed by atoms with Gasteiger partial charge in [-0.05, 0) is 17.4 Å². The van der Waals surface area contributed by atoms with Crippen LogP contribution in [0.1, 0.15) is 12.5 Å². The van der Waals surface area contributed by atoms with Crippen molar-refractivity contribution in [1.29, 1.82) is 0 Å². The van der Waals surface area contributed by atoms with E-state index < -0.39 is 0 Å². The minimum Gasteiger partial charge on any atom is -0.157 e. The Bertz CT molecular complexity index is 169. The van der Waals surface area contributed by atoms with Crippen LogP contribution in [-0.4, -0.2) is 5.75 Å². The van der Waals surface area contributed by atoms with Gasteiger partial charge in [-0.25, -0.2) is 0 Å². The lowest BCUT2D eigenvalue weighted by molar-refractivity contribution is 1.39. The molecule has 0 fully saturated rings. The Morgan fingerprint density at radius 1 is 1.40 bits per heavy atom. The van der Waals surface area contributed by atoms with E-state index in [9.17, 15) is 0 Å². The van der Waals surface area contributed by atoms with Crippen molar-refractivity contribution in [1.82, 2.24) is 0 Å². The Morgan fingerprint density at radius 3 is 2.70 bits per heavy atom. The van der Waals surface area contributed by atoms with E-state index in [0.717, 1.165) is 5.75 Å². The standard InChI is InChI=1S/C9H11S/c1-2-10-8-9-6-4-3-5-7-9/h4-7H,2,8H2,1H3. The molecule has 0 atom stereocenters. The molecule has 1 aromatic carbocycles. The van der Waals surface area contributed by atoms with Crippen LogP contribution in [0.15, 0.2) is 24.3 Å². The summed E-state index contributed by atoms with van der Waals surface area (Å²) in [5.74, 6) is 2.32. The molecular formula is C9H11S. The molecule has 0 nitrogen and oxygen atoms in total. The van der Waals surface area contributed by atoms with Gasteiger partial charge in [-0.1, -0.05) is 31.2 Å². The van der Waals surface area contributed by atoms with Gasteiger partial charge in [0.05, 0.1) is 0 Å². The molecule has 0 bridgehead atoms. The van der Waals surface area contributed by atoms with Gasteiger partial charge >= 0.3 is 0 Å². The first-order valence-electron chi connectivity index (χ1n) is 3.46. The highest BCUT2D eigenvalue weighted by atomic mass is 32.2. The van der Waals surface area contributed by atoms with Crippen LogP contribution in [0.5, 0.6) is 0 Å². The maximum absolute atomic E-state index is 3.00. The van der Waals surface area contributed by atoms with Gasteiger partial charge in [0.2, 0.25) is 0 Å². The van der Waals surface area contributed by atoms with E-state index in [-0.39, 0.29) is 0 Å². The number of hydrogen-bond donors (Lipinski definition) is 0. The summed E-state index contributed by atoms with van der Waals surface area (Å²) in [6, 6.07) is 11.2. The zero-order valence-electron chi connectivity index (χ0n) is 6.13. The summed E-state index contributed by atoms with van der Waals surface area (Å²) >= 11 is 1.95. The zero-order chi connectivity index (χ0) is 7.23. The summed E-state index contributed by atoms with van der Waals surface area (Å²) in [4.78, 5) is 0. The minimum atomic E-state index is 1.13. The summed E-state index contributed by atoms with van der Waals surface area (Å²) in [7, 11) is 0. The molecule has 1 heteroatoms. The van der Waals surface area contributed by atoms with Crippen molar-refractivity contribution in [3.05, 3.63) is 35.9 Å². The summed E-state index contributed by atoms with van der Waals surface area (Å²) in [5.41, 5.74) is 1.39. The maximum atomic E-state index is 3.00. The molecule has 0 aliphatic heterocycles. The number of thioether (sulfide) groups is 1. The highest BCUT2D eigenvalue weighted by Crippen LogP contribution is 2.09. The fourth-order valence-corrected chi connectivity index (χ4v) is 1.37. The molecule has 0 unspecified atom stereocenters. The summed E-state index contributed by atoms with van der Waals surface area (Å²) in [6.07, 6.45) is 0. The van der Waals surface area contributed by atoms with Crippen LogP contribution < -0.4 is 0 Å². The third-order valence-electron chi connectivity index (χ3n) is 1.26. The molecule has 0 saturated heterocycles. The molecule has 53 valence electrons. The smallest absolute Gasteiger partial charge is 0.0184 e. The maximum Gasteiger partial charge on any atom is 0.0184 e. The summed E-state index contributed by atoms with van der Waals surface area (Å²) in [6.45, 7) is 2.18. The third kappa shape index (κ3) is 2.44. The number of benzene rings is 1. The van der Waals surface area contributed by atoms with Gasteiger partial charge in [-0.3, -0.25) is 0 Å². The monoisotopic (exact) mass is 151 g/mol. The molecule has 1 aromatic rings. The second-order valence-corrected chi connectivity index (χ2v) is 3.32. The quantitative estimate of drug-likeness (QED) is 0.640. The van der Waals surface area contributed by atoms with E-state index in [1.165, 1.54) is 11.3 Å². The fraction of sp³-hybridized carbons (Fsp3) is 0.333. The van der Waals surface area contributed by atoms with Crippen molar-refractivity contribution in [2.24, 2.45) is 0 Å². The van der Waals surface area contributed by atoms with E-state index in [1.807, 2.05) is 23.9 Å². The Hall–Kier alpha value is -0.430. The minimum absolute atomic E-state index is 1.13. The van der Waals surface area contributed by atoms with Gasteiger partial charge in [0.25, 0.3) is 0 Å². The first kappa shape index (κ1) is 7.67. The zero-order valence-corrected chi connectivity index (χ0v) is 6.95. The van der Waals surface area contributed by atoms with Gasteiger partial charge in [-0.2, -0.15) is 11.8 Å². The van der Waals surface area contributed by atoms with E-state index in [2.05, 4.69) is 25.1 Å². The summed E-state index contributed by atoms with van der Waals surface area (Å²) in [5, 5.41) is 0. The average Bonchev–Trinajstić information content (AvgIpc) is 2.03. The Kier molecular flexibility index (Phi) is 3.37. The predicted molar refractivity (Wildman–Crippen MR) is 47.1 cm³/mol.